The van der Waals surface area contributed by atoms with Crippen molar-refractivity contribution < 1.29 is 0 Å². The van der Waals surface area contributed by atoms with Crippen LogP contribution in [-0.2, 0) is 0 Å². The molecule has 47 heavy (non-hydrogen) atoms. The van der Waals surface area contributed by atoms with Crippen LogP contribution >= 0.6 is 0 Å². The van der Waals surface area contributed by atoms with Crippen molar-refractivity contribution in [2.24, 2.45) is 0 Å². The van der Waals surface area contributed by atoms with Crippen molar-refractivity contribution in [3.05, 3.63) is 185 Å². The molecule has 1 nitrogen and oxygen atoms in total. The minimum atomic E-state index is 1.13. The number of rotatable bonds is 7. The van der Waals surface area contributed by atoms with Gasteiger partial charge in [-0.1, -0.05) is 157 Å². The topological polar surface area (TPSA) is 3.24 Å². The lowest BCUT2D eigenvalue weighted by molar-refractivity contribution is 1.29. The smallest absolute Gasteiger partial charge is 0.0540 e. The van der Waals surface area contributed by atoms with Gasteiger partial charge in [0.15, 0.2) is 0 Å². The normalized spacial score (nSPS) is 11.9. The highest BCUT2D eigenvalue weighted by molar-refractivity contribution is 6.25. The van der Waals surface area contributed by atoms with Crippen LogP contribution < -0.4 is 4.90 Å². The summed E-state index contributed by atoms with van der Waals surface area (Å²) in [5.74, 6) is 0. The summed E-state index contributed by atoms with van der Waals surface area (Å²) in [6.07, 6.45) is 8.69. The zero-order valence-electron chi connectivity index (χ0n) is 26.7. The molecule has 0 saturated carbocycles. The van der Waals surface area contributed by atoms with Crippen molar-refractivity contribution in [1.29, 1.82) is 0 Å². The highest BCUT2D eigenvalue weighted by Crippen LogP contribution is 2.43. The molecule has 0 spiro atoms. The number of nitrogens with zero attached hydrogens (tertiary/aromatic N) is 1. The van der Waals surface area contributed by atoms with Crippen molar-refractivity contribution in [3.63, 3.8) is 0 Å². The van der Waals surface area contributed by atoms with Gasteiger partial charge in [-0.25, -0.2) is 0 Å². The third-order valence-electron chi connectivity index (χ3n) is 9.14. The molecule has 0 amide bonds. The molecular weight excluding hydrogens is 567 g/mol. The van der Waals surface area contributed by atoms with Crippen LogP contribution in [0, 0.1) is 13.8 Å². The number of hydrogen-bond donors (Lipinski definition) is 0. The quantitative estimate of drug-likeness (QED) is 0.130. The summed E-state index contributed by atoms with van der Waals surface area (Å²) in [4.78, 5) is 2.39. The maximum absolute atomic E-state index is 2.39. The second-order valence-corrected chi connectivity index (χ2v) is 12.4. The van der Waals surface area contributed by atoms with E-state index in [1.54, 1.807) is 0 Å². The Morgan fingerprint density at radius 3 is 1.28 bits per heavy atom. The molecule has 1 heteroatoms. The summed E-state index contributed by atoms with van der Waals surface area (Å²) in [6, 6.07) is 55.2. The third-order valence-corrected chi connectivity index (χ3v) is 9.14. The molecule has 0 fully saturated rings. The molecule has 0 aromatic heterocycles. The summed E-state index contributed by atoms with van der Waals surface area (Å²) < 4.78 is 0. The van der Waals surface area contributed by atoms with Gasteiger partial charge in [0.2, 0.25) is 0 Å². The fraction of sp³-hybridized carbons (Fsp3) is 0.0435. The predicted octanol–water partition coefficient (Wildman–Crippen LogP) is 13.0. The van der Waals surface area contributed by atoms with Crippen LogP contribution in [0.1, 0.15) is 33.4 Å². The predicted molar refractivity (Wildman–Crippen MR) is 205 cm³/mol. The van der Waals surface area contributed by atoms with Gasteiger partial charge < -0.3 is 4.90 Å². The first-order chi connectivity index (χ1) is 23.1. The fourth-order valence-electron chi connectivity index (χ4n) is 6.55. The standard InChI is InChI=1S/C46H35N/c1-32-6-10-34(11-7-32)12-13-35-14-16-36(17-15-35)18-19-37-20-28-42(29-21-37)47(41-26-8-33(2)9-27-41)44-31-25-40-23-22-38-4-3-5-39-24-30-43(44)46(40)45(38)39/h3-31H,1-2H3/b13-12+,19-18-. The van der Waals surface area contributed by atoms with E-state index in [-0.39, 0.29) is 0 Å². The Kier molecular flexibility index (Phi) is 7.36. The van der Waals surface area contributed by atoms with Gasteiger partial charge >= 0.3 is 0 Å². The molecule has 0 N–H and O–H groups in total. The molecule has 0 unspecified atom stereocenters. The van der Waals surface area contributed by atoms with E-state index in [2.05, 4.69) is 195 Å². The van der Waals surface area contributed by atoms with E-state index in [4.69, 9.17) is 0 Å². The maximum Gasteiger partial charge on any atom is 0.0540 e. The molecule has 0 aliphatic heterocycles. The fourth-order valence-corrected chi connectivity index (χ4v) is 6.55. The second-order valence-electron chi connectivity index (χ2n) is 12.4. The van der Waals surface area contributed by atoms with E-state index in [0.717, 1.165) is 16.9 Å². The zero-order chi connectivity index (χ0) is 31.7. The van der Waals surface area contributed by atoms with Crippen LogP contribution in [0.15, 0.2) is 152 Å². The molecule has 8 aromatic carbocycles. The van der Waals surface area contributed by atoms with E-state index in [1.807, 2.05) is 0 Å². The van der Waals surface area contributed by atoms with Gasteiger partial charge in [-0.3, -0.25) is 0 Å². The van der Waals surface area contributed by atoms with Crippen molar-refractivity contribution in [2.75, 3.05) is 4.90 Å². The minimum Gasteiger partial charge on any atom is -0.310 e. The van der Waals surface area contributed by atoms with Crippen LogP contribution in [0.4, 0.5) is 17.1 Å². The lowest BCUT2D eigenvalue weighted by Crippen LogP contribution is -2.10. The highest BCUT2D eigenvalue weighted by atomic mass is 15.1. The Balaban J connectivity index is 1.10. The Morgan fingerprint density at radius 1 is 0.362 bits per heavy atom. The van der Waals surface area contributed by atoms with Crippen molar-refractivity contribution in [1.82, 2.24) is 0 Å². The van der Waals surface area contributed by atoms with Gasteiger partial charge in [0.05, 0.1) is 5.69 Å². The van der Waals surface area contributed by atoms with Crippen molar-refractivity contribution >= 4 is 73.7 Å². The van der Waals surface area contributed by atoms with Crippen molar-refractivity contribution in [2.45, 2.75) is 13.8 Å². The average Bonchev–Trinajstić information content (AvgIpc) is 3.12. The second kappa shape index (κ2) is 12.1. The van der Waals surface area contributed by atoms with E-state index in [9.17, 15) is 0 Å². The van der Waals surface area contributed by atoms with Crippen LogP contribution in [0.2, 0.25) is 0 Å². The summed E-state index contributed by atoms with van der Waals surface area (Å²) in [6.45, 7) is 4.25. The number of anilines is 3. The molecule has 0 aliphatic rings. The SMILES string of the molecule is Cc1ccc(/C=C/c2ccc(/C=C\c3ccc(N(c4ccc(C)cc4)c4ccc5ccc6cccc7ccc4c5c67)cc3)cc2)cc1. The van der Waals surface area contributed by atoms with Gasteiger partial charge in [-0.05, 0) is 93.4 Å². The molecule has 0 radical (unpaired) electrons. The summed E-state index contributed by atoms with van der Waals surface area (Å²) >= 11 is 0. The summed E-state index contributed by atoms with van der Waals surface area (Å²) in [5.41, 5.74) is 10.7. The molecule has 0 saturated heterocycles. The molecule has 8 aromatic rings. The first-order valence-corrected chi connectivity index (χ1v) is 16.3. The molecule has 8 rings (SSSR count). The number of benzene rings is 8. The van der Waals surface area contributed by atoms with Crippen LogP contribution in [-0.4, -0.2) is 0 Å². The first kappa shape index (κ1) is 28.5. The van der Waals surface area contributed by atoms with Crippen LogP contribution in [0.5, 0.6) is 0 Å². The van der Waals surface area contributed by atoms with Crippen LogP contribution in [0.3, 0.4) is 0 Å². The van der Waals surface area contributed by atoms with E-state index < -0.39 is 0 Å². The highest BCUT2D eigenvalue weighted by Gasteiger charge is 2.18. The average molecular weight is 602 g/mol. The van der Waals surface area contributed by atoms with E-state index in [1.165, 1.54) is 65.8 Å². The third kappa shape index (κ3) is 5.69. The summed E-state index contributed by atoms with van der Waals surface area (Å²) in [7, 11) is 0. The van der Waals surface area contributed by atoms with E-state index in [0.29, 0.717) is 0 Å². The Hall–Kier alpha value is -5.92. The molecule has 0 bridgehead atoms. The van der Waals surface area contributed by atoms with Gasteiger partial charge in [-0.15, -0.1) is 0 Å². The maximum atomic E-state index is 2.39. The lowest BCUT2D eigenvalue weighted by atomic mass is 9.93. The van der Waals surface area contributed by atoms with Gasteiger partial charge in [0.1, 0.15) is 0 Å². The van der Waals surface area contributed by atoms with Gasteiger partial charge in [-0.2, -0.15) is 0 Å². The minimum absolute atomic E-state index is 1.13. The first-order valence-electron chi connectivity index (χ1n) is 16.3. The van der Waals surface area contributed by atoms with E-state index >= 15 is 0 Å². The lowest BCUT2D eigenvalue weighted by Gasteiger charge is -2.28. The van der Waals surface area contributed by atoms with Gasteiger partial charge in [0.25, 0.3) is 0 Å². The Bertz CT molecular complexity index is 2360. The Morgan fingerprint density at radius 2 is 0.745 bits per heavy atom. The van der Waals surface area contributed by atoms with Gasteiger partial charge in [0, 0.05) is 16.8 Å². The Labute approximate surface area is 276 Å². The monoisotopic (exact) mass is 601 g/mol. The molecular formula is C46H35N. The van der Waals surface area contributed by atoms with Crippen LogP contribution in [0.25, 0.3) is 56.6 Å². The zero-order valence-corrected chi connectivity index (χ0v) is 26.7. The largest absolute Gasteiger partial charge is 0.310 e. The molecule has 0 heterocycles. The summed E-state index contributed by atoms with van der Waals surface area (Å²) in [5, 5.41) is 7.75. The molecule has 224 valence electrons. The molecule has 0 aliphatic carbocycles. The number of hydrogen-bond acceptors (Lipinski definition) is 1. The molecule has 0 atom stereocenters. The number of aryl methyl sites for hydroxylation is 2. The van der Waals surface area contributed by atoms with Crippen molar-refractivity contribution in [3.8, 4) is 0 Å².